The highest BCUT2D eigenvalue weighted by molar-refractivity contribution is 6.30. The third kappa shape index (κ3) is 3.49. The van der Waals surface area contributed by atoms with Gasteiger partial charge in [-0.1, -0.05) is 11.6 Å². The zero-order valence-electron chi connectivity index (χ0n) is 15.4. The van der Waals surface area contributed by atoms with Crippen LogP contribution >= 0.6 is 11.6 Å². The summed E-state index contributed by atoms with van der Waals surface area (Å²) in [6.07, 6.45) is 1.98. The number of rotatable bonds is 3. The highest BCUT2D eigenvalue weighted by atomic mass is 35.5. The number of carbonyl (C=O) groups is 3. The lowest BCUT2D eigenvalue weighted by Gasteiger charge is -2.43. The Kier molecular flexibility index (Phi) is 5.06. The maximum Gasteiger partial charge on any atom is 0.328 e. The van der Waals surface area contributed by atoms with Gasteiger partial charge in [-0.2, -0.15) is 0 Å². The Balaban J connectivity index is 1.53. The maximum absolute atomic E-state index is 13.0. The lowest BCUT2D eigenvalue weighted by molar-refractivity contribution is -0.143. The molecule has 2 saturated heterocycles. The summed E-state index contributed by atoms with van der Waals surface area (Å²) in [7, 11) is 0. The van der Waals surface area contributed by atoms with Gasteiger partial charge < -0.3 is 19.2 Å². The second-order valence-corrected chi connectivity index (χ2v) is 7.50. The number of hydrogen-bond donors (Lipinski definition) is 1. The Bertz CT molecular complexity index is 919. The van der Waals surface area contributed by atoms with E-state index in [9.17, 15) is 19.5 Å². The van der Waals surface area contributed by atoms with Gasteiger partial charge >= 0.3 is 5.97 Å². The lowest BCUT2D eigenvalue weighted by Crippen LogP contribution is -2.58. The fourth-order valence-corrected chi connectivity index (χ4v) is 4.03. The van der Waals surface area contributed by atoms with E-state index in [-0.39, 0.29) is 18.3 Å². The highest BCUT2D eigenvalue weighted by Gasteiger charge is 2.54. The minimum atomic E-state index is -1.14. The number of hydrogen-bond acceptors (Lipinski definition) is 5. The molecule has 29 heavy (non-hydrogen) atoms. The van der Waals surface area contributed by atoms with Crippen LogP contribution in [0.25, 0.3) is 0 Å². The number of aliphatic carboxylic acids is 1. The van der Waals surface area contributed by atoms with Gasteiger partial charge in [0, 0.05) is 36.5 Å². The van der Waals surface area contributed by atoms with Crippen LogP contribution < -0.4 is 0 Å². The van der Waals surface area contributed by atoms with Gasteiger partial charge in [0.1, 0.15) is 5.72 Å². The quantitative estimate of drug-likeness (QED) is 0.821. The molecule has 1 aromatic carbocycles. The van der Waals surface area contributed by atoms with Crippen molar-refractivity contribution in [3.05, 3.63) is 59.0 Å². The van der Waals surface area contributed by atoms with Crippen LogP contribution in [-0.2, 0) is 9.53 Å². The number of benzene rings is 1. The highest BCUT2D eigenvalue weighted by Crippen LogP contribution is 2.38. The van der Waals surface area contributed by atoms with E-state index >= 15 is 0 Å². The van der Waals surface area contributed by atoms with Gasteiger partial charge in [0.25, 0.3) is 11.8 Å². The fraction of sp³-hybridized carbons (Fsp3) is 0.350. The van der Waals surface area contributed by atoms with E-state index in [2.05, 4.69) is 0 Å². The van der Waals surface area contributed by atoms with Gasteiger partial charge in [-0.15, -0.1) is 0 Å². The van der Waals surface area contributed by atoms with Crippen molar-refractivity contribution >= 4 is 29.4 Å². The zero-order chi connectivity index (χ0) is 20.6. The molecule has 2 amide bonds. The van der Waals surface area contributed by atoms with Crippen LogP contribution in [0.15, 0.2) is 47.1 Å². The molecule has 8 nitrogen and oxygen atoms in total. The molecule has 0 saturated carbocycles. The molecule has 2 aliphatic rings. The average molecular weight is 419 g/mol. The van der Waals surface area contributed by atoms with E-state index in [1.807, 2.05) is 0 Å². The third-order valence-electron chi connectivity index (χ3n) is 5.42. The summed E-state index contributed by atoms with van der Waals surface area (Å²) < 4.78 is 11.0. The second-order valence-electron chi connectivity index (χ2n) is 7.06. The number of carboxylic acid groups (broad SMARTS) is 1. The molecule has 1 N–H and O–H groups in total. The number of amides is 2. The molecule has 0 radical (unpaired) electrons. The van der Waals surface area contributed by atoms with Crippen LogP contribution in [0.1, 0.15) is 33.8 Å². The molecule has 1 atom stereocenters. The minimum absolute atomic E-state index is 0.0563. The third-order valence-corrected chi connectivity index (χ3v) is 5.67. The first-order valence-corrected chi connectivity index (χ1v) is 9.58. The molecule has 1 spiro atoms. The van der Waals surface area contributed by atoms with Crippen molar-refractivity contribution in [1.29, 1.82) is 0 Å². The predicted molar refractivity (Wildman–Crippen MR) is 102 cm³/mol. The SMILES string of the molecule is O=C(O)[C@H]1COC2(CCN(C(=O)c3ccc(Cl)cc3)CC2)N1C(=O)c1ccco1. The number of halogens is 1. The summed E-state index contributed by atoms with van der Waals surface area (Å²) in [5, 5.41) is 10.1. The summed E-state index contributed by atoms with van der Waals surface area (Å²) >= 11 is 5.88. The number of carboxylic acids is 1. The molecule has 1 aromatic heterocycles. The lowest BCUT2D eigenvalue weighted by atomic mass is 9.96. The van der Waals surface area contributed by atoms with Crippen molar-refractivity contribution in [2.75, 3.05) is 19.7 Å². The van der Waals surface area contributed by atoms with Gasteiger partial charge in [0.15, 0.2) is 11.8 Å². The standard InChI is InChI=1S/C20H19ClN2O6/c21-14-5-3-13(4-6-14)17(24)22-9-7-20(8-10-22)23(15(12-29-20)19(26)27)18(25)16-2-1-11-28-16/h1-6,11,15H,7-10,12H2,(H,26,27)/t15-/m1/s1. The first kappa shape index (κ1) is 19.5. The monoisotopic (exact) mass is 418 g/mol. The summed E-state index contributed by atoms with van der Waals surface area (Å²) in [5.41, 5.74) is -0.561. The first-order valence-electron chi connectivity index (χ1n) is 9.20. The number of furan rings is 1. The van der Waals surface area contributed by atoms with Gasteiger partial charge in [0.05, 0.1) is 12.9 Å². The van der Waals surface area contributed by atoms with E-state index < -0.39 is 23.6 Å². The number of piperidine rings is 1. The molecule has 2 aromatic rings. The molecule has 2 fully saturated rings. The molecule has 2 aliphatic heterocycles. The predicted octanol–water partition coefficient (Wildman–Crippen LogP) is 2.49. The van der Waals surface area contributed by atoms with Crippen molar-refractivity contribution in [2.45, 2.75) is 24.6 Å². The van der Waals surface area contributed by atoms with Gasteiger partial charge in [-0.25, -0.2) is 4.79 Å². The molecule has 3 heterocycles. The van der Waals surface area contributed by atoms with Gasteiger partial charge in [-0.05, 0) is 36.4 Å². The van der Waals surface area contributed by atoms with E-state index in [1.54, 1.807) is 35.2 Å². The number of nitrogens with zero attached hydrogens (tertiary/aromatic N) is 2. The largest absolute Gasteiger partial charge is 0.480 e. The number of carbonyl (C=O) groups excluding carboxylic acids is 2. The van der Waals surface area contributed by atoms with E-state index in [0.717, 1.165) is 0 Å². The Morgan fingerprint density at radius 3 is 2.34 bits per heavy atom. The summed E-state index contributed by atoms with van der Waals surface area (Å²) in [6, 6.07) is 8.59. The number of ether oxygens (including phenoxy) is 1. The van der Waals surface area contributed by atoms with Crippen LogP contribution in [0, 0.1) is 0 Å². The van der Waals surface area contributed by atoms with Crippen LogP contribution in [-0.4, -0.2) is 64.2 Å². The smallest absolute Gasteiger partial charge is 0.328 e. The average Bonchev–Trinajstić information content (AvgIpc) is 3.37. The van der Waals surface area contributed by atoms with E-state index in [0.29, 0.717) is 36.5 Å². The van der Waals surface area contributed by atoms with Crippen LogP contribution in [0.5, 0.6) is 0 Å². The van der Waals surface area contributed by atoms with E-state index in [1.165, 1.54) is 17.2 Å². The zero-order valence-corrected chi connectivity index (χ0v) is 16.2. The Morgan fingerprint density at radius 2 is 1.76 bits per heavy atom. The summed E-state index contributed by atoms with van der Waals surface area (Å²) in [6.45, 7) is 0.554. The molecular weight excluding hydrogens is 400 g/mol. The van der Waals surface area contributed by atoms with Gasteiger partial charge in [-0.3, -0.25) is 14.5 Å². The summed E-state index contributed by atoms with van der Waals surface area (Å²) in [5.74, 6) is -1.76. The van der Waals surface area contributed by atoms with Crippen LogP contribution in [0.3, 0.4) is 0 Å². The second kappa shape index (κ2) is 7.53. The maximum atomic E-state index is 13.0. The summed E-state index contributed by atoms with van der Waals surface area (Å²) in [4.78, 5) is 40.3. The minimum Gasteiger partial charge on any atom is -0.480 e. The van der Waals surface area contributed by atoms with Crippen molar-refractivity contribution in [1.82, 2.24) is 9.80 Å². The van der Waals surface area contributed by atoms with Gasteiger partial charge in [0.2, 0.25) is 0 Å². The number of likely N-dealkylation sites (tertiary alicyclic amines) is 1. The molecule has 152 valence electrons. The molecular formula is C20H19ClN2O6. The first-order chi connectivity index (χ1) is 13.9. The van der Waals surface area contributed by atoms with Crippen LogP contribution in [0.2, 0.25) is 5.02 Å². The van der Waals surface area contributed by atoms with Crippen LogP contribution in [0.4, 0.5) is 0 Å². The Morgan fingerprint density at radius 1 is 1.07 bits per heavy atom. The molecule has 0 unspecified atom stereocenters. The van der Waals surface area contributed by atoms with Crippen molar-refractivity contribution < 1.29 is 28.6 Å². The topological polar surface area (TPSA) is 100 Å². The van der Waals surface area contributed by atoms with Crippen molar-refractivity contribution in [3.63, 3.8) is 0 Å². The fourth-order valence-electron chi connectivity index (χ4n) is 3.91. The van der Waals surface area contributed by atoms with Crippen molar-refractivity contribution in [3.8, 4) is 0 Å². The molecule has 4 rings (SSSR count). The molecule has 0 bridgehead atoms. The Labute approximate surface area is 171 Å². The normalized spacial score (nSPS) is 20.8. The Hall–Kier alpha value is -2.84. The van der Waals surface area contributed by atoms with Crippen molar-refractivity contribution in [2.24, 2.45) is 0 Å². The van der Waals surface area contributed by atoms with E-state index in [4.69, 9.17) is 20.8 Å². The molecule has 9 heteroatoms. The molecule has 0 aliphatic carbocycles.